The van der Waals surface area contributed by atoms with Crippen LogP contribution in [0.1, 0.15) is 115 Å². The van der Waals surface area contributed by atoms with Crippen LogP contribution in [0.25, 0.3) is 27.5 Å². The number of hydrogen-bond donors (Lipinski definition) is 1. The van der Waals surface area contributed by atoms with Gasteiger partial charge in [-0.05, 0) is 181 Å². The third kappa shape index (κ3) is 8.70. The van der Waals surface area contributed by atoms with Gasteiger partial charge in [-0.25, -0.2) is 4.79 Å². The molecule has 0 radical (unpaired) electrons. The predicted molar refractivity (Wildman–Crippen MR) is 255 cm³/mol. The second-order valence-electron chi connectivity index (χ2n) is 16.4. The van der Waals surface area contributed by atoms with E-state index in [4.69, 9.17) is 0 Å². The molecule has 8 rings (SSSR count). The quantitative estimate of drug-likeness (QED) is 0.0714. The molecule has 0 saturated carbocycles. The first-order chi connectivity index (χ1) is 29.1. The van der Waals surface area contributed by atoms with Crippen LogP contribution in [0, 0.1) is 0 Å². The van der Waals surface area contributed by atoms with Crippen LogP contribution < -0.4 is 9.80 Å². The van der Waals surface area contributed by atoms with E-state index in [-0.39, 0.29) is 5.57 Å². The Balaban J connectivity index is 1.16. The van der Waals surface area contributed by atoms with E-state index in [1.165, 1.54) is 86.0 Å². The summed E-state index contributed by atoms with van der Waals surface area (Å²) in [6.45, 7) is 12.4. The fourth-order valence-corrected chi connectivity index (χ4v) is 10.6. The Morgan fingerprint density at radius 2 is 1.08 bits per heavy atom. The number of benzene rings is 4. The van der Waals surface area contributed by atoms with E-state index in [9.17, 15) is 14.7 Å². The van der Waals surface area contributed by atoms with Gasteiger partial charge in [-0.1, -0.05) is 64.1 Å². The second kappa shape index (κ2) is 18.0. The van der Waals surface area contributed by atoms with Crippen LogP contribution >= 0.6 is 22.7 Å². The van der Waals surface area contributed by atoms with Crippen molar-refractivity contribution in [3.63, 3.8) is 0 Å². The van der Waals surface area contributed by atoms with Crippen LogP contribution in [0.15, 0.2) is 115 Å². The lowest BCUT2D eigenvalue weighted by atomic mass is 9.89. The molecule has 0 bridgehead atoms. The minimum Gasteiger partial charge on any atom is -0.478 e. The summed E-state index contributed by atoms with van der Waals surface area (Å²) in [6, 6.07) is 40.7. The van der Waals surface area contributed by atoms with Crippen molar-refractivity contribution >= 4 is 74.9 Å². The largest absolute Gasteiger partial charge is 0.478 e. The number of nitrogens with zero attached hydrogens (tertiary/aromatic N) is 2. The highest BCUT2D eigenvalue weighted by Crippen LogP contribution is 2.42. The molecule has 6 aromatic rings. The van der Waals surface area contributed by atoms with Gasteiger partial charge in [-0.3, -0.25) is 4.79 Å². The van der Waals surface area contributed by atoms with Crippen molar-refractivity contribution in [2.45, 2.75) is 85.0 Å². The highest BCUT2D eigenvalue weighted by molar-refractivity contribution is 7.23. The van der Waals surface area contributed by atoms with Gasteiger partial charge in [-0.15, -0.1) is 22.7 Å². The van der Waals surface area contributed by atoms with Gasteiger partial charge in [-0.2, -0.15) is 0 Å². The highest BCUT2D eigenvalue weighted by atomic mass is 32.1. The Labute approximate surface area is 363 Å². The average Bonchev–Trinajstić information content (AvgIpc) is 3.96. The van der Waals surface area contributed by atoms with Gasteiger partial charge in [0.05, 0.1) is 0 Å². The number of carbonyl (C=O) groups excluding carboxylic acids is 1. The molecule has 7 heteroatoms. The maximum atomic E-state index is 12.0. The summed E-state index contributed by atoms with van der Waals surface area (Å²) in [7, 11) is 0. The van der Waals surface area contributed by atoms with Gasteiger partial charge in [0.2, 0.25) is 0 Å². The molecule has 2 aliphatic heterocycles. The normalized spacial score (nSPS) is 14.9. The van der Waals surface area contributed by atoms with Gasteiger partial charge in [0, 0.05) is 55.3 Å². The third-order valence-electron chi connectivity index (χ3n) is 12.5. The average molecular weight is 831 g/mol. The van der Waals surface area contributed by atoms with E-state index < -0.39 is 11.8 Å². The molecule has 306 valence electrons. The number of aryl methyl sites for hydroxylation is 2. The standard InChI is InChI=1S/C53H54N2O3S2/c1-6-34(3)37-12-18-43(19-13-37)54-28-8-10-41-30-39(16-24-49(41)54)48(33-46-23-27-52(60-46)51-26-22-45(59-51)32-47(36(5)56)53(57)58)40-17-25-50-42(31-40)11-9-29-55(50)44-20-14-38(15-21-44)35(4)7-2/h12-27,30-35H,6-11,28-29H2,1-5H3,(H,57,58)/b47-32+,48-33?. The molecule has 0 spiro atoms. The Bertz CT molecular complexity index is 2440. The number of thiophene rings is 2. The number of anilines is 4. The number of carboxylic acid groups (broad SMARTS) is 1. The Morgan fingerprint density at radius 3 is 1.50 bits per heavy atom. The van der Waals surface area contributed by atoms with Crippen LogP contribution in [0.5, 0.6) is 0 Å². The molecule has 1 N–H and O–H groups in total. The zero-order valence-electron chi connectivity index (χ0n) is 35.3. The van der Waals surface area contributed by atoms with Crippen molar-refractivity contribution in [3.8, 4) is 9.75 Å². The van der Waals surface area contributed by atoms with Crippen molar-refractivity contribution in [2.24, 2.45) is 0 Å². The molecule has 2 atom stereocenters. The Kier molecular flexibility index (Phi) is 12.4. The van der Waals surface area contributed by atoms with E-state index in [2.05, 4.69) is 141 Å². The van der Waals surface area contributed by atoms with E-state index in [0.29, 0.717) is 11.8 Å². The molecule has 2 unspecified atom stereocenters. The molecule has 4 heterocycles. The zero-order chi connectivity index (χ0) is 41.9. The van der Waals surface area contributed by atoms with Crippen LogP contribution in [-0.4, -0.2) is 29.9 Å². The van der Waals surface area contributed by atoms with Gasteiger partial charge >= 0.3 is 5.97 Å². The monoisotopic (exact) mass is 830 g/mol. The number of rotatable bonds is 13. The molecule has 60 heavy (non-hydrogen) atoms. The lowest BCUT2D eigenvalue weighted by Crippen LogP contribution is -2.24. The molecule has 4 aromatic carbocycles. The summed E-state index contributed by atoms with van der Waals surface area (Å²) in [5, 5.41) is 9.54. The van der Waals surface area contributed by atoms with Crippen molar-refractivity contribution in [3.05, 3.63) is 158 Å². The van der Waals surface area contributed by atoms with Crippen LogP contribution in [-0.2, 0) is 22.4 Å². The number of aliphatic carboxylic acids is 1. The Hall–Kier alpha value is -5.50. The molecule has 0 amide bonds. The molecule has 0 fully saturated rings. The summed E-state index contributed by atoms with van der Waals surface area (Å²) in [5.74, 6) is -0.552. The molecule has 2 aliphatic rings. The number of hydrogen-bond acceptors (Lipinski definition) is 6. The van der Waals surface area contributed by atoms with Gasteiger partial charge in [0.15, 0.2) is 5.78 Å². The topological polar surface area (TPSA) is 60.9 Å². The third-order valence-corrected chi connectivity index (χ3v) is 14.7. The molecule has 2 aromatic heterocycles. The second-order valence-corrected chi connectivity index (χ2v) is 18.6. The maximum Gasteiger partial charge on any atom is 0.339 e. The SMILES string of the molecule is CCC(C)c1ccc(N2CCCc3cc(C(=Cc4ccc(-c5ccc(/C=C(\C(C)=O)C(=O)O)s5)s4)c4ccc5c(c4)CCCN5c4ccc(C(C)CC)cc4)ccc32)cc1. The molecular formula is C53H54N2O3S2. The van der Waals surface area contributed by atoms with Crippen molar-refractivity contribution in [1.82, 2.24) is 0 Å². The summed E-state index contributed by atoms with van der Waals surface area (Å²) in [6.07, 6.45) is 10.4. The lowest BCUT2D eigenvalue weighted by Gasteiger charge is -2.33. The first-order valence-electron chi connectivity index (χ1n) is 21.5. The maximum absolute atomic E-state index is 12.0. The van der Waals surface area contributed by atoms with Gasteiger partial charge in [0.25, 0.3) is 0 Å². The molecular weight excluding hydrogens is 777 g/mol. The fraction of sp³-hybridized carbons (Fsp3) is 0.283. The van der Waals surface area contributed by atoms with E-state index in [1.807, 2.05) is 12.1 Å². The first kappa shape index (κ1) is 41.2. The lowest BCUT2D eigenvalue weighted by molar-refractivity contribution is -0.134. The predicted octanol–water partition coefficient (Wildman–Crippen LogP) is 14.3. The van der Waals surface area contributed by atoms with Crippen LogP contribution in [0.2, 0.25) is 0 Å². The number of carbonyl (C=O) groups is 2. The number of carboxylic acids is 1. The Morgan fingerprint density at radius 1 is 0.633 bits per heavy atom. The van der Waals surface area contributed by atoms with Gasteiger partial charge in [0.1, 0.15) is 5.57 Å². The number of ketones is 1. The van der Waals surface area contributed by atoms with E-state index in [1.54, 1.807) is 11.3 Å². The van der Waals surface area contributed by atoms with Crippen LogP contribution in [0.4, 0.5) is 22.7 Å². The fourth-order valence-electron chi connectivity index (χ4n) is 8.56. The summed E-state index contributed by atoms with van der Waals surface area (Å²) < 4.78 is 0. The minimum atomic E-state index is -1.20. The van der Waals surface area contributed by atoms with E-state index >= 15 is 0 Å². The minimum absolute atomic E-state index is 0.205. The number of Topliss-reactive ketones (excluding diaryl/α,β-unsaturated/α-hetero) is 1. The van der Waals surface area contributed by atoms with Crippen LogP contribution in [0.3, 0.4) is 0 Å². The highest BCUT2D eigenvalue weighted by Gasteiger charge is 2.23. The molecule has 0 aliphatic carbocycles. The van der Waals surface area contributed by atoms with Crippen molar-refractivity contribution in [2.75, 3.05) is 22.9 Å². The molecule has 5 nitrogen and oxygen atoms in total. The number of fused-ring (bicyclic) bond motifs is 2. The van der Waals surface area contributed by atoms with E-state index in [0.717, 1.165) is 71.1 Å². The van der Waals surface area contributed by atoms with Crippen molar-refractivity contribution in [1.29, 1.82) is 0 Å². The van der Waals surface area contributed by atoms with Crippen molar-refractivity contribution < 1.29 is 14.7 Å². The zero-order valence-corrected chi connectivity index (χ0v) is 37.0. The summed E-state index contributed by atoms with van der Waals surface area (Å²) in [5.41, 5.74) is 14.0. The summed E-state index contributed by atoms with van der Waals surface area (Å²) >= 11 is 3.22. The molecule has 0 saturated heterocycles. The smallest absolute Gasteiger partial charge is 0.339 e. The van der Waals surface area contributed by atoms with Gasteiger partial charge < -0.3 is 14.9 Å². The first-order valence-corrected chi connectivity index (χ1v) is 23.1. The summed E-state index contributed by atoms with van der Waals surface area (Å²) in [4.78, 5) is 32.6.